The zero-order chi connectivity index (χ0) is 20.2. The van der Waals surface area contributed by atoms with Gasteiger partial charge in [-0.25, -0.2) is 4.98 Å². The highest BCUT2D eigenvalue weighted by molar-refractivity contribution is 6.12. The first-order valence-electron chi connectivity index (χ1n) is 9.92. The molecule has 4 N–H and O–H groups in total. The number of fused-ring (bicyclic) bond motifs is 1. The standard InChI is InChI=1S/C23H24N4O2/c24-23(25)27-22(28)19-14-21(26-20-12-5-4-11-18(19)20)15-7-6-10-17(13-15)29-16-8-2-1-3-9-16/h4-7,10-14,16H,1-3,8-9H2,(H4,24,25,27,28). The van der Waals surface area contributed by atoms with Crippen molar-refractivity contribution in [1.29, 1.82) is 5.41 Å². The summed E-state index contributed by atoms with van der Waals surface area (Å²) in [5.74, 6) is 0.00591. The molecule has 6 heteroatoms. The topological polar surface area (TPSA) is 101 Å². The lowest BCUT2D eigenvalue weighted by molar-refractivity contribution is 0.0978. The van der Waals surface area contributed by atoms with E-state index in [4.69, 9.17) is 20.9 Å². The zero-order valence-electron chi connectivity index (χ0n) is 16.2. The minimum absolute atomic E-state index is 0.264. The fraction of sp³-hybridized carbons (Fsp3) is 0.261. The van der Waals surface area contributed by atoms with Gasteiger partial charge < -0.3 is 10.5 Å². The predicted molar refractivity (Wildman–Crippen MR) is 114 cm³/mol. The van der Waals surface area contributed by atoms with Gasteiger partial charge in [-0.05, 0) is 49.9 Å². The number of benzene rings is 2. The summed E-state index contributed by atoms with van der Waals surface area (Å²) in [6.07, 6.45) is 6.16. The molecule has 1 heterocycles. The third-order valence-corrected chi connectivity index (χ3v) is 5.19. The van der Waals surface area contributed by atoms with Crippen LogP contribution in [0.3, 0.4) is 0 Å². The Bertz CT molecular complexity index is 1060. The largest absolute Gasteiger partial charge is 0.490 e. The SMILES string of the molecule is N=C(N)NC(=O)c1cc(-c2cccc(OC3CCCCC3)c2)nc2ccccc12. The van der Waals surface area contributed by atoms with Crippen LogP contribution in [0, 0.1) is 5.41 Å². The fourth-order valence-electron chi connectivity index (χ4n) is 3.80. The Labute approximate surface area is 169 Å². The van der Waals surface area contributed by atoms with Gasteiger partial charge >= 0.3 is 0 Å². The Balaban J connectivity index is 1.71. The number of hydrogen-bond donors (Lipinski definition) is 3. The lowest BCUT2D eigenvalue weighted by atomic mass is 9.98. The molecule has 29 heavy (non-hydrogen) atoms. The molecule has 0 saturated heterocycles. The van der Waals surface area contributed by atoms with Crippen molar-refractivity contribution in [2.24, 2.45) is 5.73 Å². The maximum absolute atomic E-state index is 12.6. The van der Waals surface area contributed by atoms with Gasteiger partial charge in [-0.15, -0.1) is 0 Å². The Kier molecular flexibility index (Phi) is 5.42. The molecule has 1 aliphatic rings. The number of hydrogen-bond acceptors (Lipinski definition) is 4. The van der Waals surface area contributed by atoms with Gasteiger partial charge in [0.15, 0.2) is 5.96 Å². The third-order valence-electron chi connectivity index (χ3n) is 5.19. The normalized spacial score (nSPS) is 14.5. The number of para-hydroxylation sites is 1. The van der Waals surface area contributed by atoms with Crippen molar-refractivity contribution in [3.63, 3.8) is 0 Å². The molecule has 1 amide bonds. The van der Waals surface area contributed by atoms with Crippen molar-refractivity contribution in [3.8, 4) is 17.0 Å². The van der Waals surface area contributed by atoms with Crippen molar-refractivity contribution in [3.05, 3.63) is 60.2 Å². The summed E-state index contributed by atoms with van der Waals surface area (Å²) in [5, 5.41) is 10.4. The number of guanidine groups is 1. The molecule has 1 aromatic heterocycles. The van der Waals surface area contributed by atoms with E-state index in [2.05, 4.69) is 5.32 Å². The van der Waals surface area contributed by atoms with Crippen molar-refractivity contribution in [1.82, 2.24) is 10.3 Å². The van der Waals surface area contributed by atoms with Gasteiger partial charge in [0.2, 0.25) is 0 Å². The Hall–Kier alpha value is -3.41. The highest BCUT2D eigenvalue weighted by atomic mass is 16.5. The third kappa shape index (κ3) is 4.37. The lowest BCUT2D eigenvalue weighted by Gasteiger charge is -2.23. The minimum Gasteiger partial charge on any atom is -0.490 e. The second-order valence-corrected chi connectivity index (χ2v) is 7.35. The van der Waals surface area contributed by atoms with E-state index in [-0.39, 0.29) is 12.1 Å². The van der Waals surface area contributed by atoms with E-state index in [0.29, 0.717) is 22.2 Å². The molecule has 4 rings (SSSR count). The van der Waals surface area contributed by atoms with E-state index >= 15 is 0 Å². The Morgan fingerprint density at radius 2 is 1.86 bits per heavy atom. The van der Waals surface area contributed by atoms with Crippen molar-refractivity contribution < 1.29 is 9.53 Å². The molecule has 0 aliphatic heterocycles. The lowest BCUT2D eigenvalue weighted by Crippen LogP contribution is -2.35. The molecule has 3 aromatic rings. The van der Waals surface area contributed by atoms with Crippen LogP contribution in [-0.2, 0) is 0 Å². The molecule has 1 fully saturated rings. The number of rotatable bonds is 4. The van der Waals surface area contributed by atoms with Crippen LogP contribution in [-0.4, -0.2) is 23.0 Å². The molecule has 0 bridgehead atoms. The number of ether oxygens (including phenoxy) is 1. The molecule has 0 unspecified atom stereocenters. The summed E-state index contributed by atoms with van der Waals surface area (Å²) in [6, 6.07) is 17.0. The van der Waals surface area contributed by atoms with E-state index in [1.165, 1.54) is 19.3 Å². The van der Waals surface area contributed by atoms with Gasteiger partial charge in [0.1, 0.15) is 5.75 Å². The Morgan fingerprint density at radius 1 is 1.07 bits per heavy atom. The van der Waals surface area contributed by atoms with Gasteiger partial charge in [0, 0.05) is 10.9 Å². The number of nitrogens with one attached hydrogen (secondary N) is 2. The van der Waals surface area contributed by atoms with E-state index in [1.807, 2.05) is 48.5 Å². The molecule has 1 saturated carbocycles. The van der Waals surface area contributed by atoms with Crippen LogP contribution in [0.1, 0.15) is 42.5 Å². The summed E-state index contributed by atoms with van der Waals surface area (Å²) >= 11 is 0. The van der Waals surface area contributed by atoms with Gasteiger partial charge in [-0.3, -0.25) is 15.5 Å². The molecule has 0 spiro atoms. The van der Waals surface area contributed by atoms with E-state index in [1.54, 1.807) is 6.07 Å². The number of aromatic nitrogens is 1. The summed E-state index contributed by atoms with van der Waals surface area (Å²) in [5.41, 5.74) is 8.04. The molecule has 6 nitrogen and oxygen atoms in total. The van der Waals surface area contributed by atoms with Crippen molar-refractivity contribution in [2.75, 3.05) is 0 Å². The van der Waals surface area contributed by atoms with Crippen LogP contribution in [0.15, 0.2) is 54.6 Å². The highest BCUT2D eigenvalue weighted by Crippen LogP contribution is 2.29. The van der Waals surface area contributed by atoms with Crippen LogP contribution < -0.4 is 15.8 Å². The van der Waals surface area contributed by atoms with E-state index in [0.717, 1.165) is 24.2 Å². The maximum atomic E-state index is 12.6. The zero-order valence-corrected chi connectivity index (χ0v) is 16.2. The second-order valence-electron chi connectivity index (χ2n) is 7.35. The number of carbonyl (C=O) groups is 1. The fourth-order valence-corrected chi connectivity index (χ4v) is 3.80. The van der Waals surface area contributed by atoms with E-state index < -0.39 is 5.91 Å². The molecule has 1 aliphatic carbocycles. The van der Waals surface area contributed by atoms with Crippen LogP contribution in [0.4, 0.5) is 0 Å². The maximum Gasteiger partial charge on any atom is 0.258 e. The van der Waals surface area contributed by atoms with Gasteiger partial charge in [0.05, 0.1) is 22.9 Å². The number of pyridine rings is 1. The highest BCUT2D eigenvalue weighted by Gasteiger charge is 2.17. The first-order chi connectivity index (χ1) is 14.1. The smallest absolute Gasteiger partial charge is 0.258 e. The average molecular weight is 388 g/mol. The predicted octanol–water partition coefficient (Wildman–Crippen LogP) is 4.24. The molecule has 2 aromatic carbocycles. The number of carbonyl (C=O) groups excluding carboxylic acids is 1. The van der Waals surface area contributed by atoms with Crippen LogP contribution in [0.5, 0.6) is 5.75 Å². The van der Waals surface area contributed by atoms with Crippen molar-refractivity contribution >= 4 is 22.8 Å². The number of nitrogens with two attached hydrogens (primary N) is 1. The van der Waals surface area contributed by atoms with Gasteiger partial charge in [0.25, 0.3) is 5.91 Å². The molecule has 0 atom stereocenters. The molecular formula is C23H24N4O2. The van der Waals surface area contributed by atoms with Crippen LogP contribution in [0.25, 0.3) is 22.2 Å². The first kappa shape index (κ1) is 18.9. The quantitative estimate of drug-likeness (QED) is 0.460. The van der Waals surface area contributed by atoms with Crippen LogP contribution in [0.2, 0.25) is 0 Å². The first-order valence-corrected chi connectivity index (χ1v) is 9.92. The van der Waals surface area contributed by atoms with Crippen LogP contribution >= 0.6 is 0 Å². The summed E-state index contributed by atoms with van der Waals surface area (Å²) in [7, 11) is 0. The van der Waals surface area contributed by atoms with Crippen molar-refractivity contribution in [2.45, 2.75) is 38.2 Å². The molecule has 0 radical (unpaired) electrons. The average Bonchev–Trinajstić information content (AvgIpc) is 2.73. The molecular weight excluding hydrogens is 364 g/mol. The summed E-state index contributed by atoms with van der Waals surface area (Å²) in [4.78, 5) is 17.3. The number of amides is 1. The van der Waals surface area contributed by atoms with Gasteiger partial charge in [-0.2, -0.15) is 0 Å². The number of nitrogens with zero attached hydrogens (tertiary/aromatic N) is 1. The van der Waals surface area contributed by atoms with E-state index in [9.17, 15) is 4.79 Å². The monoisotopic (exact) mass is 388 g/mol. The van der Waals surface area contributed by atoms with Gasteiger partial charge in [-0.1, -0.05) is 36.8 Å². The summed E-state index contributed by atoms with van der Waals surface area (Å²) in [6.45, 7) is 0. The Morgan fingerprint density at radius 3 is 2.66 bits per heavy atom. The second kappa shape index (κ2) is 8.31. The minimum atomic E-state index is -0.424. The molecule has 148 valence electrons. The summed E-state index contributed by atoms with van der Waals surface area (Å²) < 4.78 is 6.18.